The third-order valence-electron chi connectivity index (χ3n) is 3.05. The Hall–Kier alpha value is -1.11. The number of hydrogen-bond acceptors (Lipinski definition) is 3. The highest BCUT2D eigenvalue weighted by Crippen LogP contribution is 2.35. The van der Waals surface area contributed by atoms with E-state index in [-0.39, 0.29) is 24.0 Å². The van der Waals surface area contributed by atoms with E-state index in [1.165, 1.54) is 0 Å². The van der Waals surface area contributed by atoms with Crippen molar-refractivity contribution in [3.63, 3.8) is 0 Å². The summed E-state index contributed by atoms with van der Waals surface area (Å²) < 4.78 is 56.1. The lowest BCUT2D eigenvalue weighted by atomic mass is 10.1. The van der Waals surface area contributed by atoms with Crippen LogP contribution in [0.2, 0.25) is 0 Å². The van der Waals surface area contributed by atoms with Crippen LogP contribution in [0.3, 0.4) is 0 Å². The van der Waals surface area contributed by atoms with E-state index < -0.39 is 18.0 Å². The van der Waals surface area contributed by atoms with Crippen LogP contribution in [0.1, 0.15) is 37.1 Å². The number of nitrogens with zero attached hydrogens (tertiary/aromatic N) is 2. The van der Waals surface area contributed by atoms with Crippen molar-refractivity contribution in [1.29, 1.82) is 0 Å². The molecule has 0 radical (unpaired) electrons. The summed E-state index contributed by atoms with van der Waals surface area (Å²) in [5.74, 6) is -0.440. The molecular weight excluding hydrogens is 264 g/mol. The molecule has 0 aromatic carbocycles. The van der Waals surface area contributed by atoms with Crippen molar-refractivity contribution in [1.82, 2.24) is 9.88 Å². The number of oxazole rings is 1. The molecule has 0 spiro atoms. The van der Waals surface area contributed by atoms with Gasteiger partial charge in [-0.25, -0.2) is 9.37 Å². The Balaban J connectivity index is 2.05. The maximum atomic E-state index is 12.8. The molecule has 0 unspecified atom stereocenters. The molecule has 0 bridgehead atoms. The van der Waals surface area contributed by atoms with Gasteiger partial charge in [-0.2, -0.15) is 13.2 Å². The van der Waals surface area contributed by atoms with Gasteiger partial charge in [-0.15, -0.1) is 0 Å². The van der Waals surface area contributed by atoms with Crippen LogP contribution in [-0.4, -0.2) is 35.7 Å². The highest BCUT2D eigenvalue weighted by atomic mass is 19.4. The Kier molecular flexibility index (Phi) is 3.85. The fourth-order valence-electron chi connectivity index (χ4n) is 2.02. The van der Waals surface area contributed by atoms with Gasteiger partial charge in [0.05, 0.1) is 0 Å². The summed E-state index contributed by atoms with van der Waals surface area (Å²) in [5.41, 5.74) is -0.940. The highest BCUT2D eigenvalue weighted by Gasteiger charge is 2.39. The van der Waals surface area contributed by atoms with Crippen LogP contribution in [0, 0.1) is 0 Å². The van der Waals surface area contributed by atoms with Gasteiger partial charge in [0.25, 0.3) is 0 Å². The smallest absolute Gasteiger partial charge is 0.436 e. The summed E-state index contributed by atoms with van der Waals surface area (Å²) >= 11 is 0. The first-order chi connectivity index (χ1) is 8.77. The minimum Gasteiger partial charge on any atom is -0.445 e. The van der Waals surface area contributed by atoms with E-state index in [9.17, 15) is 17.6 Å². The monoisotopic (exact) mass is 280 g/mol. The standard InChI is InChI=1S/C12H16F4N2O/c1-7(2)10-11(12(14,15)16)17-9(19-10)3-4-18-5-8(13)6-18/h7-8H,3-6H2,1-2H3. The molecule has 0 saturated carbocycles. The van der Waals surface area contributed by atoms with E-state index >= 15 is 0 Å². The molecule has 2 rings (SSSR count). The lowest BCUT2D eigenvalue weighted by molar-refractivity contribution is -0.142. The average molecular weight is 280 g/mol. The first-order valence-electron chi connectivity index (χ1n) is 6.20. The van der Waals surface area contributed by atoms with E-state index in [0.717, 1.165) is 0 Å². The van der Waals surface area contributed by atoms with E-state index in [0.29, 0.717) is 19.6 Å². The first kappa shape index (κ1) is 14.3. The van der Waals surface area contributed by atoms with Gasteiger partial charge in [-0.3, -0.25) is 4.90 Å². The summed E-state index contributed by atoms with van der Waals surface area (Å²) in [4.78, 5) is 5.36. The number of halogens is 4. The zero-order valence-corrected chi connectivity index (χ0v) is 10.8. The SMILES string of the molecule is CC(C)c1oc(CCN2CC(F)C2)nc1C(F)(F)F. The maximum absolute atomic E-state index is 12.8. The Morgan fingerprint density at radius 3 is 2.42 bits per heavy atom. The maximum Gasteiger partial charge on any atom is 0.436 e. The van der Waals surface area contributed by atoms with Gasteiger partial charge in [0.1, 0.15) is 11.9 Å². The van der Waals surface area contributed by atoms with Crippen LogP contribution >= 0.6 is 0 Å². The van der Waals surface area contributed by atoms with E-state index in [4.69, 9.17) is 4.42 Å². The normalized spacial score (nSPS) is 18.1. The van der Waals surface area contributed by atoms with Crippen LogP contribution in [0.15, 0.2) is 4.42 Å². The predicted octanol–water partition coefficient (Wildman–Crippen LogP) is 3.01. The van der Waals surface area contributed by atoms with Crippen molar-refractivity contribution >= 4 is 0 Å². The van der Waals surface area contributed by atoms with E-state index in [2.05, 4.69) is 4.98 Å². The van der Waals surface area contributed by atoms with Crippen LogP contribution < -0.4 is 0 Å². The fraction of sp³-hybridized carbons (Fsp3) is 0.750. The molecular formula is C12H16F4N2O. The van der Waals surface area contributed by atoms with Crippen LogP contribution in [0.5, 0.6) is 0 Å². The van der Waals surface area contributed by atoms with E-state index in [1.54, 1.807) is 13.8 Å². The van der Waals surface area contributed by atoms with Crippen LogP contribution in [0.4, 0.5) is 17.6 Å². The molecule has 7 heteroatoms. The Labute approximate surface area is 108 Å². The Bertz CT molecular complexity index is 435. The number of likely N-dealkylation sites (tertiary alicyclic amines) is 1. The number of hydrogen-bond donors (Lipinski definition) is 0. The summed E-state index contributed by atoms with van der Waals surface area (Å²) in [5, 5.41) is 0. The number of aromatic nitrogens is 1. The zero-order valence-electron chi connectivity index (χ0n) is 10.8. The highest BCUT2D eigenvalue weighted by molar-refractivity contribution is 5.17. The molecule has 1 aromatic heterocycles. The molecule has 1 aliphatic heterocycles. The van der Waals surface area contributed by atoms with Gasteiger partial charge in [0.15, 0.2) is 11.6 Å². The molecule has 1 aliphatic rings. The molecule has 0 amide bonds. The minimum absolute atomic E-state index is 0.0679. The van der Waals surface area contributed by atoms with Crippen molar-refractivity contribution in [3.8, 4) is 0 Å². The molecule has 1 fully saturated rings. The summed E-state index contributed by atoms with van der Waals surface area (Å²) in [7, 11) is 0. The Morgan fingerprint density at radius 1 is 1.37 bits per heavy atom. The predicted molar refractivity (Wildman–Crippen MR) is 60.6 cm³/mol. The van der Waals surface area contributed by atoms with Crippen LogP contribution in [-0.2, 0) is 12.6 Å². The third-order valence-corrected chi connectivity index (χ3v) is 3.05. The van der Waals surface area contributed by atoms with Gasteiger partial charge >= 0.3 is 6.18 Å². The van der Waals surface area contributed by atoms with Crippen molar-refractivity contribution in [3.05, 3.63) is 17.3 Å². The summed E-state index contributed by atoms with van der Waals surface area (Å²) in [6.07, 6.45) is -5.05. The number of alkyl halides is 4. The quantitative estimate of drug-likeness (QED) is 0.794. The summed E-state index contributed by atoms with van der Waals surface area (Å²) in [6, 6.07) is 0. The third kappa shape index (κ3) is 3.26. The molecule has 1 aromatic rings. The topological polar surface area (TPSA) is 29.3 Å². The molecule has 0 atom stereocenters. The largest absolute Gasteiger partial charge is 0.445 e. The van der Waals surface area contributed by atoms with Crippen molar-refractivity contribution in [2.24, 2.45) is 0 Å². The van der Waals surface area contributed by atoms with Gasteiger partial charge in [-0.05, 0) is 0 Å². The molecule has 0 aliphatic carbocycles. The zero-order chi connectivity index (χ0) is 14.2. The second-order valence-corrected chi connectivity index (χ2v) is 5.08. The van der Waals surface area contributed by atoms with Gasteiger partial charge in [0, 0.05) is 32.0 Å². The average Bonchev–Trinajstić information content (AvgIpc) is 2.66. The van der Waals surface area contributed by atoms with Crippen molar-refractivity contribution in [2.75, 3.05) is 19.6 Å². The van der Waals surface area contributed by atoms with Gasteiger partial charge in [-0.1, -0.05) is 13.8 Å². The lowest BCUT2D eigenvalue weighted by Crippen LogP contribution is -2.48. The van der Waals surface area contributed by atoms with Gasteiger partial charge < -0.3 is 4.42 Å². The molecule has 108 valence electrons. The second-order valence-electron chi connectivity index (χ2n) is 5.08. The number of rotatable bonds is 4. The van der Waals surface area contributed by atoms with Crippen molar-refractivity contribution in [2.45, 2.75) is 38.5 Å². The first-order valence-corrected chi connectivity index (χ1v) is 6.20. The molecule has 2 heterocycles. The second kappa shape index (κ2) is 5.11. The molecule has 0 N–H and O–H groups in total. The van der Waals surface area contributed by atoms with E-state index in [1.807, 2.05) is 4.90 Å². The molecule has 3 nitrogen and oxygen atoms in total. The van der Waals surface area contributed by atoms with Gasteiger partial charge in [0.2, 0.25) is 0 Å². The van der Waals surface area contributed by atoms with Crippen LogP contribution in [0.25, 0.3) is 0 Å². The summed E-state index contributed by atoms with van der Waals surface area (Å²) in [6.45, 7) is 4.40. The fourth-order valence-corrected chi connectivity index (χ4v) is 2.02. The Morgan fingerprint density at radius 2 is 2.00 bits per heavy atom. The molecule has 1 saturated heterocycles. The minimum atomic E-state index is -4.50. The van der Waals surface area contributed by atoms with Crippen molar-refractivity contribution < 1.29 is 22.0 Å². The molecule has 19 heavy (non-hydrogen) atoms. The lowest BCUT2D eigenvalue weighted by Gasteiger charge is -2.33.